The molecule has 0 aliphatic carbocycles. The molecular weight excluding hydrogens is 332 g/mol. The molecular formula is C20H30N2O4. The van der Waals surface area contributed by atoms with E-state index >= 15 is 0 Å². The first-order valence-electron chi connectivity index (χ1n) is 9.31. The summed E-state index contributed by atoms with van der Waals surface area (Å²) in [6.07, 6.45) is 1.44. The number of carbonyl (C=O) groups excluding carboxylic acids is 1. The van der Waals surface area contributed by atoms with Crippen molar-refractivity contribution >= 4 is 11.8 Å². The number of hydrogen-bond acceptors (Lipinski definition) is 5. The lowest BCUT2D eigenvalue weighted by Crippen LogP contribution is -2.58. The molecule has 0 saturated carbocycles. The van der Waals surface area contributed by atoms with Crippen molar-refractivity contribution in [1.29, 1.82) is 0 Å². The van der Waals surface area contributed by atoms with Gasteiger partial charge >= 0.3 is 6.09 Å². The van der Waals surface area contributed by atoms with Crippen molar-refractivity contribution in [3.8, 4) is 5.75 Å². The monoisotopic (exact) mass is 362 g/mol. The molecule has 1 spiro atoms. The highest BCUT2D eigenvalue weighted by molar-refractivity contribution is 5.68. The van der Waals surface area contributed by atoms with Gasteiger partial charge in [0.05, 0.1) is 19.3 Å². The fraction of sp³-hybridized carbons (Fsp3) is 0.650. The topological polar surface area (TPSA) is 51.2 Å². The standard InChI is InChI=1S/C20H30N2O4/c1-19(2,3)26-18(23)21-11-9-20(10-12-21)15-22(13-14-25-20)16-5-7-17(24-4)8-6-16/h5-8H,9-15H2,1-4H3. The molecule has 6 nitrogen and oxygen atoms in total. The van der Waals surface area contributed by atoms with Crippen LogP contribution in [0.4, 0.5) is 10.5 Å². The molecule has 0 atom stereocenters. The van der Waals surface area contributed by atoms with Crippen molar-refractivity contribution < 1.29 is 19.0 Å². The van der Waals surface area contributed by atoms with Crippen LogP contribution in [0.5, 0.6) is 5.75 Å². The van der Waals surface area contributed by atoms with Crippen LogP contribution in [-0.4, -0.2) is 62.1 Å². The molecule has 0 unspecified atom stereocenters. The molecule has 1 amide bonds. The molecule has 0 bridgehead atoms. The normalized spacial score (nSPS) is 20.2. The Hall–Kier alpha value is -1.95. The molecule has 0 radical (unpaired) electrons. The molecule has 26 heavy (non-hydrogen) atoms. The van der Waals surface area contributed by atoms with Gasteiger partial charge in [-0.3, -0.25) is 0 Å². The Kier molecular flexibility index (Phi) is 5.32. The molecule has 0 N–H and O–H groups in total. The average Bonchev–Trinajstić information content (AvgIpc) is 2.61. The van der Waals surface area contributed by atoms with E-state index in [-0.39, 0.29) is 11.7 Å². The minimum Gasteiger partial charge on any atom is -0.497 e. The Labute approximate surface area is 156 Å². The summed E-state index contributed by atoms with van der Waals surface area (Å²) < 4.78 is 16.9. The van der Waals surface area contributed by atoms with Crippen LogP contribution in [0.25, 0.3) is 0 Å². The zero-order valence-electron chi connectivity index (χ0n) is 16.3. The van der Waals surface area contributed by atoms with Crippen LogP contribution in [0.15, 0.2) is 24.3 Å². The van der Waals surface area contributed by atoms with Gasteiger partial charge in [0.25, 0.3) is 0 Å². The van der Waals surface area contributed by atoms with Crippen molar-refractivity contribution in [1.82, 2.24) is 4.90 Å². The van der Waals surface area contributed by atoms with Gasteiger partial charge in [0.1, 0.15) is 11.4 Å². The largest absolute Gasteiger partial charge is 0.497 e. The summed E-state index contributed by atoms with van der Waals surface area (Å²) >= 11 is 0. The minimum atomic E-state index is -0.460. The van der Waals surface area contributed by atoms with Crippen LogP contribution in [-0.2, 0) is 9.47 Å². The number of amides is 1. The fourth-order valence-corrected chi connectivity index (χ4v) is 3.58. The third-order valence-electron chi connectivity index (χ3n) is 5.01. The number of likely N-dealkylation sites (tertiary alicyclic amines) is 1. The fourth-order valence-electron chi connectivity index (χ4n) is 3.58. The molecule has 2 aliphatic rings. The second kappa shape index (κ2) is 7.35. The van der Waals surface area contributed by atoms with E-state index in [0.29, 0.717) is 19.7 Å². The number of morpholine rings is 1. The third-order valence-corrected chi connectivity index (χ3v) is 5.01. The van der Waals surface area contributed by atoms with Crippen molar-refractivity contribution in [2.24, 2.45) is 0 Å². The highest BCUT2D eigenvalue weighted by atomic mass is 16.6. The zero-order chi connectivity index (χ0) is 18.8. The number of benzene rings is 1. The maximum Gasteiger partial charge on any atom is 0.410 e. The van der Waals surface area contributed by atoms with E-state index in [1.54, 1.807) is 12.0 Å². The van der Waals surface area contributed by atoms with Crippen molar-refractivity contribution in [2.45, 2.75) is 44.8 Å². The summed E-state index contributed by atoms with van der Waals surface area (Å²) in [5, 5.41) is 0. The lowest BCUT2D eigenvalue weighted by Gasteiger charge is -2.47. The Morgan fingerprint density at radius 2 is 1.77 bits per heavy atom. The number of nitrogens with zero attached hydrogens (tertiary/aromatic N) is 2. The van der Waals surface area contributed by atoms with Gasteiger partial charge in [0.15, 0.2) is 0 Å². The predicted octanol–water partition coefficient (Wildman–Crippen LogP) is 3.30. The second-order valence-electron chi connectivity index (χ2n) is 8.12. The summed E-state index contributed by atoms with van der Waals surface area (Å²) in [5.41, 5.74) is 0.540. The maximum atomic E-state index is 12.3. The quantitative estimate of drug-likeness (QED) is 0.808. The lowest BCUT2D eigenvalue weighted by molar-refractivity contribution is -0.0912. The van der Waals surface area contributed by atoms with E-state index in [9.17, 15) is 4.79 Å². The number of methoxy groups -OCH3 is 1. The average molecular weight is 362 g/mol. The highest BCUT2D eigenvalue weighted by Crippen LogP contribution is 2.33. The highest BCUT2D eigenvalue weighted by Gasteiger charge is 2.41. The number of rotatable bonds is 2. The number of ether oxygens (including phenoxy) is 3. The molecule has 0 aromatic heterocycles. The third kappa shape index (κ3) is 4.41. The maximum absolute atomic E-state index is 12.3. The van der Waals surface area contributed by atoms with Gasteiger partial charge in [-0.25, -0.2) is 4.79 Å². The molecule has 2 fully saturated rings. The number of piperidine rings is 1. The van der Waals surface area contributed by atoms with Crippen LogP contribution in [0.2, 0.25) is 0 Å². The molecule has 1 aromatic carbocycles. The molecule has 1 aromatic rings. The van der Waals surface area contributed by atoms with E-state index < -0.39 is 5.60 Å². The summed E-state index contributed by atoms with van der Waals surface area (Å²) in [5.74, 6) is 0.863. The Morgan fingerprint density at radius 1 is 1.12 bits per heavy atom. The Bertz CT molecular complexity index is 616. The lowest BCUT2D eigenvalue weighted by atomic mass is 9.89. The van der Waals surface area contributed by atoms with Gasteiger partial charge in [-0.2, -0.15) is 0 Å². The summed E-state index contributed by atoms with van der Waals surface area (Å²) in [6, 6.07) is 8.16. The number of anilines is 1. The van der Waals surface area contributed by atoms with Gasteiger partial charge in [-0.1, -0.05) is 0 Å². The molecule has 6 heteroatoms. The molecule has 2 saturated heterocycles. The summed E-state index contributed by atoms with van der Waals surface area (Å²) in [6.45, 7) is 9.47. The molecule has 144 valence electrons. The Balaban J connectivity index is 1.60. The number of carbonyl (C=O) groups is 1. The van der Waals surface area contributed by atoms with Crippen LogP contribution in [0.1, 0.15) is 33.6 Å². The van der Waals surface area contributed by atoms with E-state index in [0.717, 1.165) is 31.7 Å². The van der Waals surface area contributed by atoms with Crippen molar-refractivity contribution in [2.75, 3.05) is 44.8 Å². The van der Waals surface area contributed by atoms with Gasteiger partial charge in [0, 0.05) is 31.9 Å². The summed E-state index contributed by atoms with van der Waals surface area (Å²) in [7, 11) is 1.68. The van der Waals surface area contributed by atoms with Crippen molar-refractivity contribution in [3.63, 3.8) is 0 Å². The molecule has 3 rings (SSSR count). The van der Waals surface area contributed by atoms with Crippen LogP contribution in [0.3, 0.4) is 0 Å². The molecule has 2 aliphatic heterocycles. The van der Waals surface area contributed by atoms with Gasteiger partial charge in [0.2, 0.25) is 0 Å². The Morgan fingerprint density at radius 3 is 2.35 bits per heavy atom. The minimum absolute atomic E-state index is 0.184. The van der Waals surface area contributed by atoms with Gasteiger partial charge < -0.3 is 24.0 Å². The van der Waals surface area contributed by atoms with E-state index in [4.69, 9.17) is 14.2 Å². The first-order chi connectivity index (χ1) is 12.3. The van der Waals surface area contributed by atoms with Crippen LogP contribution in [0, 0.1) is 0 Å². The van der Waals surface area contributed by atoms with E-state index in [1.165, 1.54) is 5.69 Å². The smallest absolute Gasteiger partial charge is 0.410 e. The molecule has 2 heterocycles. The first-order valence-corrected chi connectivity index (χ1v) is 9.31. The van der Waals surface area contributed by atoms with E-state index in [1.807, 2.05) is 32.9 Å². The number of hydrogen-bond donors (Lipinski definition) is 0. The van der Waals surface area contributed by atoms with Gasteiger partial charge in [-0.15, -0.1) is 0 Å². The SMILES string of the molecule is COc1ccc(N2CCOC3(CCN(C(=O)OC(C)(C)C)CC3)C2)cc1. The first kappa shape index (κ1) is 18.8. The summed E-state index contributed by atoms with van der Waals surface area (Å²) in [4.78, 5) is 16.4. The zero-order valence-corrected chi connectivity index (χ0v) is 16.3. The van der Waals surface area contributed by atoms with Gasteiger partial charge in [-0.05, 0) is 57.9 Å². The second-order valence-corrected chi connectivity index (χ2v) is 8.12. The predicted molar refractivity (Wildman–Crippen MR) is 101 cm³/mol. The van der Waals surface area contributed by atoms with Crippen LogP contribution >= 0.6 is 0 Å². The van der Waals surface area contributed by atoms with E-state index in [2.05, 4.69) is 17.0 Å². The van der Waals surface area contributed by atoms with Crippen LogP contribution < -0.4 is 9.64 Å². The van der Waals surface area contributed by atoms with Crippen molar-refractivity contribution in [3.05, 3.63) is 24.3 Å².